The molecule has 0 aromatic carbocycles. The second kappa shape index (κ2) is 7.09. The molecule has 1 unspecified atom stereocenters. The predicted octanol–water partition coefficient (Wildman–Crippen LogP) is 1.81. The summed E-state index contributed by atoms with van der Waals surface area (Å²) in [5.41, 5.74) is 0.491. The van der Waals surface area contributed by atoms with Gasteiger partial charge in [-0.3, -0.25) is 0 Å². The Morgan fingerprint density at radius 3 is 3.11 bits per heavy atom. The second-order valence-electron chi connectivity index (χ2n) is 4.66. The van der Waals surface area contributed by atoms with E-state index in [9.17, 15) is 4.79 Å². The van der Waals surface area contributed by atoms with Crippen molar-refractivity contribution in [1.29, 1.82) is 0 Å². The van der Waals surface area contributed by atoms with Crippen LogP contribution in [0, 0.1) is 0 Å². The Balaban J connectivity index is 1.76. The molecule has 0 aliphatic carbocycles. The van der Waals surface area contributed by atoms with Gasteiger partial charge in [0.1, 0.15) is 5.82 Å². The highest BCUT2D eigenvalue weighted by molar-refractivity contribution is 5.89. The molecule has 104 valence electrons. The quantitative estimate of drug-likeness (QED) is 0.766. The van der Waals surface area contributed by atoms with E-state index >= 15 is 0 Å². The fourth-order valence-corrected chi connectivity index (χ4v) is 2.21. The number of esters is 1. The molecule has 5 nitrogen and oxygen atoms in total. The summed E-state index contributed by atoms with van der Waals surface area (Å²) >= 11 is 0. The monoisotopic (exact) mass is 263 g/mol. The van der Waals surface area contributed by atoms with Gasteiger partial charge in [-0.15, -0.1) is 0 Å². The molecule has 5 heteroatoms. The molecule has 0 bridgehead atoms. The SMILES string of the molecule is CCOC(=O)c1ccc(NCCC2CCCN2)nc1. The third kappa shape index (κ3) is 4.21. The molecule has 1 aliphatic rings. The molecule has 1 aromatic heterocycles. The van der Waals surface area contributed by atoms with Gasteiger partial charge in [-0.25, -0.2) is 9.78 Å². The van der Waals surface area contributed by atoms with E-state index in [2.05, 4.69) is 15.6 Å². The van der Waals surface area contributed by atoms with Crippen molar-refractivity contribution >= 4 is 11.8 Å². The van der Waals surface area contributed by atoms with Gasteiger partial charge >= 0.3 is 5.97 Å². The average molecular weight is 263 g/mol. The Labute approximate surface area is 113 Å². The van der Waals surface area contributed by atoms with Gasteiger partial charge in [-0.2, -0.15) is 0 Å². The van der Waals surface area contributed by atoms with E-state index in [-0.39, 0.29) is 5.97 Å². The van der Waals surface area contributed by atoms with Crippen LogP contribution in [0.25, 0.3) is 0 Å². The van der Waals surface area contributed by atoms with Crippen LogP contribution in [0.5, 0.6) is 0 Å². The van der Waals surface area contributed by atoms with E-state index < -0.39 is 0 Å². The largest absolute Gasteiger partial charge is 0.462 e. The number of carbonyl (C=O) groups excluding carboxylic acids is 1. The van der Waals surface area contributed by atoms with E-state index in [1.54, 1.807) is 19.2 Å². The lowest BCUT2D eigenvalue weighted by atomic mass is 10.1. The van der Waals surface area contributed by atoms with E-state index in [0.717, 1.165) is 25.3 Å². The van der Waals surface area contributed by atoms with Gasteiger partial charge in [0.05, 0.1) is 12.2 Å². The minimum atomic E-state index is -0.322. The fraction of sp³-hybridized carbons (Fsp3) is 0.571. The number of rotatable bonds is 6. The number of ether oxygens (including phenoxy) is 1. The van der Waals surface area contributed by atoms with Crippen molar-refractivity contribution in [1.82, 2.24) is 10.3 Å². The third-order valence-electron chi connectivity index (χ3n) is 3.24. The number of nitrogens with zero attached hydrogens (tertiary/aromatic N) is 1. The molecule has 1 saturated heterocycles. The van der Waals surface area contributed by atoms with E-state index in [0.29, 0.717) is 18.2 Å². The summed E-state index contributed by atoms with van der Waals surface area (Å²) in [5.74, 6) is 0.475. The predicted molar refractivity (Wildman–Crippen MR) is 74.3 cm³/mol. The molecule has 1 aliphatic heterocycles. The lowest BCUT2D eigenvalue weighted by Gasteiger charge is -2.11. The maximum absolute atomic E-state index is 11.5. The highest BCUT2D eigenvalue weighted by Crippen LogP contribution is 2.10. The van der Waals surface area contributed by atoms with Crippen molar-refractivity contribution < 1.29 is 9.53 Å². The minimum Gasteiger partial charge on any atom is -0.462 e. The molecule has 0 saturated carbocycles. The molecule has 2 N–H and O–H groups in total. The van der Waals surface area contributed by atoms with Gasteiger partial charge in [0.25, 0.3) is 0 Å². The van der Waals surface area contributed by atoms with Crippen molar-refractivity contribution in [2.24, 2.45) is 0 Å². The first-order valence-corrected chi connectivity index (χ1v) is 6.90. The zero-order valence-electron chi connectivity index (χ0n) is 11.3. The van der Waals surface area contributed by atoms with Crippen LogP contribution >= 0.6 is 0 Å². The van der Waals surface area contributed by atoms with E-state index in [4.69, 9.17) is 4.74 Å². The Bertz CT molecular complexity index is 400. The smallest absolute Gasteiger partial charge is 0.339 e. The van der Waals surface area contributed by atoms with Crippen LogP contribution in [0.15, 0.2) is 18.3 Å². The Morgan fingerprint density at radius 1 is 1.58 bits per heavy atom. The normalized spacial score (nSPS) is 18.3. The Morgan fingerprint density at radius 2 is 2.47 bits per heavy atom. The first-order valence-electron chi connectivity index (χ1n) is 6.90. The number of carbonyl (C=O) groups is 1. The van der Waals surface area contributed by atoms with Crippen molar-refractivity contribution in [3.05, 3.63) is 23.9 Å². The Kier molecular flexibility index (Phi) is 5.15. The van der Waals surface area contributed by atoms with Crippen molar-refractivity contribution in [2.75, 3.05) is 25.0 Å². The molecule has 0 spiro atoms. The van der Waals surface area contributed by atoms with Crippen molar-refractivity contribution in [2.45, 2.75) is 32.2 Å². The number of aromatic nitrogens is 1. The van der Waals surface area contributed by atoms with Crippen LogP contribution < -0.4 is 10.6 Å². The van der Waals surface area contributed by atoms with Crippen LogP contribution in [0.1, 0.15) is 36.5 Å². The zero-order valence-corrected chi connectivity index (χ0v) is 11.3. The second-order valence-corrected chi connectivity index (χ2v) is 4.66. The molecule has 0 radical (unpaired) electrons. The molecular weight excluding hydrogens is 242 g/mol. The summed E-state index contributed by atoms with van der Waals surface area (Å²) in [6.07, 6.45) is 5.18. The lowest BCUT2D eigenvalue weighted by Crippen LogP contribution is -2.24. The van der Waals surface area contributed by atoms with Crippen molar-refractivity contribution in [3.63, 3.8) is 0 Å². The van der Waals surface area contributed by atoms with E-state index in [1.165, 1.54) is 12.8 Å². The minimum absolute atomic E-state index is 0.322. The van der Waals surface area contributed by atoms with Gasteiger partial charge in [0, 0.05) is 18.8 Å². The molecule has 19 heavy (non-hydrogen) atoms. The number of anilines is 1. The highest BCUT2D eigenvalue weighted by Gasteiger charge is 2.13. The van der Waals surface area contributed by atoms with Gasteiger partial charge in [-0.05, 0) is 44.9 Å². The van der Waals surface area contributed by atoms with Crippen molar-refractivity contribution in [3.8, 4) is 0 Å². The third-order valence-corrected chi connectivity index (χ3v) is 3.24. The van der Waals surface area contributed by atoms with Crippen LogP contribution in [0.2, 0.25) is 0 Å². The summed E-state index contributed by atoms with van der Waals surface area (Å²) in [7, 11) is 0. The molecule has 0 amide bonds. The summed E-state index contributed by atoms with van der Waals surface area (Å²) in [6.45, 7) is 4.20. The van der Waals surface area contributed by atoms with Crippen LogP contribution in [0.3, 0.4) is 0 Å². The summed E-state index contributed by atoms with van der Waals surface area (Å²) in [5, 5.41) is 6.73. The zero-order chi connectivity index (χ0) is 13.5. The molecule has 1 atom stereocenters. The topological polar surface area (TPSA) is 63.2 Å². The summed E-state index contributed by atoms with van der Waals surface area (Å²) < 4.78 is 4.91. The molecular formula is C14H21N3O2. The van der Waals surface area contributed by atoms with Gasteiger partial charge in [-0.1, -0.05) is 0 Å². The van der Waals surface area contributed by atoms with Crippen LogP contribution in [-0.4, -0.2) is 36.7 Å². The number of nitrogens with one attached hydrogen (secondary N) is 2. The molecule has 1 aromatic rings. The highest BCUT2D eigenvalue weighted by atomic mass is 16.5. The molecule has 1 fully saturated rings. The maximum Gasteiger partial charge on any atom is 0.339 e. The van der Waals surface area contributed by atoms with Crippen LogP contribution in [0.4, 0.5) is 5.82 Å². The number of hydrogen-bond donors (Lipinski definition) is 2. The van der Waals surface area contributed by atoms with Gasteiger partial charge in [0.15, 0.2) is 0 Å². The fourth-order valence-electron chi connectivity index (χ4n) is 2.21. The standard InChI is InChI=1S/C14H21N3O2/c1-2-19-14(18)11-5-6-13(17-10-11)16-9-7-12-4-3-8-15-12/h5-6,10,12,15H,2-4,7-9H2,1H3,(H,16,17). The lowest BCUT2D eigenvalue weighted by molar-refractivity contribution is 0.0526. The summed E-state index contributed by atoms with van der Waals surface area (Å²) in [4.78, 5) is 15.7. The van der Waals surface area contributed by atoms with Gasteiger partial charge < -0.3 is 15.4 Å². The summed E-state index contributed by atoms with van der Waals surface area (Å²) in [6, 6.07) is 4.18. The van der Waals surface area contributed by atoms with Gasteiger partial charge in [0.2, 0.25) is 0 Å². The molecule has 2 heterocycles. The maximum atomic E-state index is 11.5. The number of hydrogen-bond acceptors (Lipinski definition) is 5. The Hall–Kier alpha value is -1.62. The van der Waals surface area contributed by atoms with E-state index in [1.807, 2.05) is 6.07 Å². The van der Waals surface area contributed by atoms with Crippen LogP contribution in [-0.2, 0) is 4.74 Å². The number of pyridine rings is 1. The first-order chi connectivity index (χ1) is 9.29. The average Bonchev–Trinajstić information content (AvgIpc) is 2.93. The first kappa shape index (κ1) is 13.8. The molecule has 2 rings (SSSR count).